The summed E-state index contributed by atoms with van der Waals surface area (Å²) < 4.78 is 0.975. The van der Waals surface area contributed by atoms with Crippen molar-refractivity contribution in [3.05, 3.63) is 75.3 Å². The summed E-state index contributed by atoms with van der Waals surface area (Å²) in [6.45, 7) is 9.00. The number of nitrogens with one attached hydrogen (secondary N) is 2. The van der Waals surface area contributed by atoms with E-state index in [1.165, 1.54) is 0 Å². The molecular formula is C29H35BrN4O3S. The Bertz CT molecular complexity index is 1270. The molecule has 0 aliphatic carbocycles. The Labute approximate surface area is 236 Å². The van der Waals surface area contributed by atoms with Gasteiger partial charge in [0.2, 0.25) is 11.8 Å². The van der Waals surface area contributed by atoms with E-state index in [2.05, 4.69) is 31.5 Å². The Morgan fingerprint density at radius 1 is 1.16 bits per heavy atom. The van der Waals surface area contributed by atoms with E-state index in [1.54, 1.807) is 16.2 Å². The van der Waals surface area contributed by atoms with Gasteiger partial charge < -0.3 is 20.6 Å². The van der Waals surface area contributed by atoms with Crippen LogP contribution in [0.3, 0.4) is 0 Å². The molecular weight excluding hydrogens is 564 g/mol. The molecule has 7 nitrogen and oxygen atoms in total. The number of aliphatic hydroxyl groups excluding tert-OH is 1. The van der Waals surface area contributed by atoms with Crippen LogP contribution in [-0.2, 0) is 22.7 Å². The van der Waals surface area contributed by atoms with Gasteiger partial charge in [-0.2, -0.15) is 0 Å². The molecule has 9 heteroatoms. The number of thiazole rings is 1. The summed E-state index contributed by atoms with van der Waals surface area (Å²) in [6, 6.07) is 14.7. The molecule has 2 aromatic carbocycles. The zero-order chi connectivity index (χ0) is 27.4. The average molecular weight is 600 g/mol. The Morgan fingerprint density at radius 2 is 1.89 bits per heavy atom. The van der Waals surface area contributed by atoms with Gasteiger partial charge in [-0.05, 0) is 41.2 Å². The molecule has 0 radical (unpaired) electrons. The summed E-state index contributed by atoms with van der Waals surface area (Å²) in [4.78, 5) is 34.0. The second-order valence-corrected chi connectivity index (χ2v) is 12.7. The second kappa shape index (κ2) is 12.1. The first kappa shape index (κ1) is 28.4. The van der Waals surface area contributed by atoms with Gasteiger partial charge in [-0.15, -0.1) is 11.3 Å². The van der Waals surface area contributed by atoms with Crippen LogP contribution in [0.2, 0.25) is 0 Å². The Morgan fingerprint density at radius 3 is 2.53 bits per heavy atom. The number of nitrogens with zero attached hydrogens (tertiary/aromatic N) is 2. The molecule has 2 amide bonds. The van der Waals surface area contributed by atoms with Crippen molar-refractivity contribution in [1.29, 1.82) is 0 Å². The van der Waals surface area contributed by atoms with Crippen molar-refractivity contribution in [3.63, 3.8) is 0 Å². The van der Waals surface area contributed by atoms with E-state index in [1.807, 2.05) is 81.7 Å². The maximum absolute atomic E-state index is 13.8. The number of aryl methyl sites for hydroxylation is 1. The maximum Gasteiger partial charge on any atom is 0.243 e. The normalized spacial score (nSPS) is 18.4. The molecule has 3 N–H and O–H groups in total. The monoisotopic (exact) mass is 598 g/mol. The van der Waals surface area contributed by atoms with Crippen LogP contribution in [0.1, 0.15) is 44.0 Å². The first-order valence-corrected chi connectivity index (χ1v) is 14.4. The van der Waals surface area contributed by atoms with Crippen molar-refractivity contribution < 1.29 is 14.7 Å². The van der Waals surface area contributed by atoms with Crippen LogP contribution in [0.5, 0.6) is 0 Å². The average Bonchev–Trinajstić information content (AvgIpc) is 3.47. The third kappa shape index (κ3) is 6.88. The fourth-order valence-corrected chi connectivity index (χ4v) is 6.02. The van der Waals surface area contributed by atoms with Crippen molar-refractivity contribution in [2.75, 3.05) is 6.54 Å². The minimum Gasteiger partial charge on any atom is -0.391 e. The summed E-state index contributed by atoms with van der Waals surface area (Å²) in [5.41, 5.74) is 5.55. The van der Waals surface area contributed by atoms with E-state index in [4.69, 9.17) is 0 Å². The molecule has 0 saturated carbocycles. The molecule has 38 heavy (non-hydrogen) atoms. The van der Waals surface area contributed by atoms with Crippen molar-refractivity contribution in [2.45, 2.75) is 65.4 Å². The molecule has 3 atom stereocenters. The number of benzene rings is 2. The lowest BCUT2D eigenvalue weighted by molar-refractivity contribution is -0.142. The molecule has 2 heterocycles. The zero-order valence-corrected chi connectivity index (χ0v) is 24.6. The number of likely N-dealkylation sites (tertiary alicyclic amines) is 1. The van der Waals surface area contributed by atoms with E-state index in [0.29, 0.717) is 13.1 Å². The zero-order valence-electron chi connectivity index (χ0n) is 22.2. The van der Waals surface area contributed by atoms with Crippen molar-refractivity contribution >= 4 is 39.1 Å². The quantitative estimate of drug-likeness (QED) is 0.350. The van der Waals surface area contributed by atoms with Crippen LogP contribution in [-0.4, -0.2) is 51.5 Å². The molecule has 1 aliphatic heterocycles. The molecule has 1 saturated heterocycles. The molecule has 1 aromatic heterocycles. The SMILES string of the molecule is Cc1ncsc1-c1ccc(CNC(=O)[C@@H]2C[C@@H](O)CN2C(=O)C(NCc2cccc(Br)c2)C(C)(C)C)cc1. The number of amides is 2. The number of carbonyl (C=O) groups is 2. The molecule has 0 bridgehead atoms. The van der Waals surface area contributed by atoms with E-state index in [-0.39, 0.29) is 24.8 Å². The van der Waals surface area contributed by atoms with Gasteiger partial charge in [0.05, 0.1) is 28.2 Å². The van der Waals surface area contributed by atoms with Gasteiger partial charge in [0, 0.05) is 30.5 Å². The summed E-state index contributed by atoms with van der Waals surface area (Å²) >= 11 is 5.10. The number of aliphatic hydroxyl groups is 1. The smallest absolute Gasteiger partial charge is 0.243 e. The van der Waals surface area contributed by atoms with Gasteiger partial charge >= 0.3 is 0 Å². The third-order valence-electron chi connectivity index (χ3n) is 6.81. The van der Waals surface area contributed by atoms with E-state index < -0.39 is 23.6 Å². The minimum absolute atomic E-state index is 0.144. The Balaban J connectivity index is 1.41. The minimum atomic E-state index is -0.734. The molecule has 0 spiro atoms. The van der Waals surface area contributed by atoms with Gasteiger partial charge in [0.25, 0.3) is 0 Å². The highest BCUT2D eigenvalue weighted by Crippen LogP contribution is 2.28. The topological polar surface area (TPSA) is 94.6 Å². The number of carbonyl (C=O) groups excluding carboxylic acids is 2. The number of hydrogen-bond acceptors (Lipinski definition) is 6. The van der Waals surface area contributed by atoms with Gasteiger partial charge in [0.15, 0.2) is 0 Å². The number of rotatable bonds is 8. The number of hydrogen-bond donors (Lipinski definition) is 3. The van der Waals surface area contributed by atoms with E-state index in [0.717, 1.165) is 31.7 Å². The van der Waals surface area contributed by atoms with Gasteiger partial charge in [-0.3, -0.25) is 9.59 Å². The molecule has 3 aromatic rings. The maximum atomic E-state index is 13.8. The first-order chi connectivity index (χ1) is 18.0. The predicted molar refractivity (Wildman–Crippen MR) is 154 cm³/mol. The Hall–Kier alpha value is -2.59. The molecule has 1 fully saturated rings. The largest absolute Gasteiger partial charge is 0.391 e. The van der Waals surface area contributed by atoms with Crippen LogP contribution in [0.25, 0.3) is 10.4 Å². The van der Waals surface area contributed by atoms with Crippen LogP contribution in [0, 0.1) is 12.3 Å². The van der Waals surface area contributed by atoms with Gasteiger partial charge in [-0.1, -0.05) is 73.1 Å². The Kier molecular flexibility index (Phi) is 9.03. The number of aromatic nitrogens is 1. The fraction of sp³-hybridized carbons (Fsp3) is 0.414. The summed E-state index contributed by atoms with van der Waals surface area (Å²) in [6.07, 6.45) is -0.508. The van der Waals surface area contributed by atoms with Crippen LogP contribution >= 0.6 is 27.3 Å². The lowest BCUT2D eigenvalue weighted by Crippen LogP contribution is -2.56. The lowest BCUT2D eigenvalue weighted by Gasteiger charge is -2.35. The number of halogens is 1. The van der Waals surface area contributed by atoms with Crippen molar-refractivity contribution in [1.82, 2.24) is 20.5 Å². The molecule has 1 unspecified atom stereocenters. The highest BCUT2D eigenvalue weighted by atomic mass is 79.9. The standard InChI is InChI=1S/C29H35BrN4O3S/c1-18-25(38-17-33-18)21-10-8-19(9-11-21)14-32-27(36)24-13-23(35)16-34(24)28(37)26(29(2,3)4)31-15-20-6-5-7-22(30)12-20/h5-12,17,23-24,26,31,35H,13-16H2,1-4H3,(H,32,36)/t23-,24+,26?/m1/s1. The van der Waals surface area contributed by atoms with Crippen LogP contribution in [0.15, 0.2) is 58.5 Å². The third-order valence-corrected chi connectivity index (χ3v) is 8.28. The number of β-amino-alcohol motifs (C(OH)–C–C–N with tert-alkyl or cyclic N) is 1. The van der Waals surface area contributed by atoms with E-state index >= 15 is 0 Å². The van der Waals surface area contributed by atoms with Crippen molar-refractivity contribution in [3.8, 4) is 10.4 Å². The van der Waals surface area contributed by atoms with Crippen molar-refractivity contribution in [2.24, 2.45) is 5.41 Å². The predicted octanol–water partition coefficient (Wildman–Crippen LogP) is 4.66. The fourth-order valence-electron chi connectivity index (χ4n) is 4.76. The van der Waals surface area contributed by atoms with Crippen LogP contribution in [0.4, 0.5) is 0 Å². The molecule has 4 rings (SSSR count). The summed E-state index contributed by atoms with van der Waals surface area (Å²) in [5.74, 6) is -0.426. The molecule has 1 aliphatic rings. The highest BCUT2D eigenvalue weighted by molar-refractivity contribution is 9.10. The van der Waals surface area contributed by atoms with Gasteiger partial charge in [0.1, 0.15) is 6.04 Å². The lowest BCUT2D eigenvalue weighted by atomic mass is 9.85. The summed E-state index contributed by atoms with van der Waals surface area (Å²) in [5, 5.41) is 16.8. The van der Waals surface area contributed by atoms with Crippen LogP contribution < -0.4 is 10.6 Å². The highest BCUT2D eigenvalue weighted by Gasteiger charge is 2.43. The molecule has 202 valence electrons. The summed E-state index contributed by atoms with van der Waals surface area (Å²) in [7, 11) is 0. The van der Waals surface area contributed by atoms with Gasteiger partial charge in [-0.25, -0.2) is 4.98 Å². The van der Waals surface area contributed by atoms with E-state index in [9.17, 15) is 14.7 Å². The first-order valence-electron chi connectivity index (χ1n) is 12.8. The second-order valence-electron chi connectivity index (χ2n) is 10.9.